The van der Waals surface area contributed by atoms with E-state index >= 15 is 0 Å². The Bertz CT molecular complexity index is 884. The van der Waals surface area contributed by atoms with Crippen molar-refractivity contribution in [3.05, 3.63) is 53.1 Å². The van der Waals surface area contributed by atoms with Crippen molar-refractivity contribution in [1.29, 1.82) is 0 Å². The van der Waals surface area contributed by atoms with E-state index in [4.69, 9.17) is 25.8 Å². The van der Waals surface area contributed by atoms with Crippen LogP contribution in [0.15, 0.2) is 42.5 Å². The number of esters is 1. The van der Waals surface area contributed by atoms with Gasteiger partial charge in [-0.15, -0.1) is 0 Å². The molecule has 8 nitrogen and oxygen atoms in total. The molecule has 0 saturated carbocycles. The molecule has 1 aliphatic heterocycles. The van der Waals surface area contributed by atoms with Crippen molar-refractivity contribution in [2.24, 2.45) is 0 Å². The Morgan fingerprint density at radius 3 is 2.57 bits per heavy atom. The molecule has 2 amide bonds. The van der Waals surface area contributed by atoms with E-state index in [1.54, 1.807) is 42.5 Å². The van der Waals surface area contributed by atoms with Gasteiger partial charge >= 0.3 is 5.97 Å². The van der Waals surface area contributed by atoms with Crippen LogP contribution in [-0.2, 0) is 14.3 Å². The molecular weight excluding hydrogens is 388 g/mol. The first kappa shape index (κ1) is 19.5. The lowest BCUT2D eigenvalue weighted by atomic mass is 10.2. The fourth-order valence-electron chi connectivity index (χ4n) is 2.37. The molecule has 2 aromatic carbocycles. The maximum atomic E-state index is 11.9. The fraction of sp³-hybridized carbons (Fsp3) is 0.211. The lowest BCUT2D eigenvalue weighted by molar-refractivity contribution is -0.147. The van der Waals surface area contributed by atoms with Crippen LogP contribution in [0, 0.1) is 0 Å². The third kappa shape index (κ3) is 5.37. The molecule has 28 heavy (non-hydrogen) atoms. The predicted molar refractivity (Wildman–Crippen MR) is 101 cm³/mol. The predicted octanol–water partition coefficient (Wildman–Crippen LogP) is 2.37. The van der Waals surface area contributed by atoms with E-state index < -0.39 is 18.5 Å². The normalized spacial score (nSPS) is 11.6. The van der Waals surface area contributed by atoms with Crippen molar-refractivity contribution in [3.8, 4) is 11.5 Å². The molecule has 0 spiro atoms. The maximum absolute atomic E-state index is 11.9. The van der Waals surface area contributed by atoms with Crippen LogP contribution in [0.1, 0.15) is 16.8 Å². The molecular formula is C19H17ClN2O6. The van der Waals surface area contributed by atoms with E-state index in [2.05, 4.69) is 10.6 Å². The van der Waals surface area contributed by atoms with Crippen molar-refractivity contribution in [2.75, 3.05) is 25.3 Å². The third-order valence-corrected chi connectivity index (χ3v) is 3.99. The van der Waals surface area contributed by atoms with Crippen molar-refractivity contribution in [1.82, 2.24) is 5.32 Å². The van der Waals surface area contributed by atoms with Gasteiger partial charge in [-0.1, -0.05) is 11.6 Å². The minimum absolute atomic E-state index is 0.0589. The Kier molecular flexibility index (Phi) is 6.33. The van der Waals surface area contributed by atoms with E-state index in [1.165, 1.54) is 0 Å². The number of fused-ring (bicyclic) bond motifs is 1. The lowest BCUT2D eigenvalue weighted by Crippen LogP contribution is -2.27. The molecule has 146 valence electrons. The number of benzene rings is 2. The van der Waals surface area contributed by atoms with Crippen molar-refractivity contribution in [2.45, 2.75) is 6.42 Å². The number of amides is 2. The zero-order valence-corrected chi connectivity index (χ0v) is 15.5. The van der Waals surface area contributed by atoms with Gasteiger partial charge in [0.05, 0.1) is 6.42 Å². The Morgan fingerprint density at radius 2 is 1.79 bits per heavy atom. The van der Waals surface area contributed by atoms with Gasteiger partial charge in [0.1, 0.15) is 0 Å². The molecule has 0 atom stereocenters. The molecule has 0 bridgehead atoms. The van der Waals surface area contributed by atoms with E-state index in [1.807, 2.05) is 0 Å². The Morgan fingerprint density at radius 1 is 1.04 bits per heavy atom. The van der Waals surface area contributed by atoms with Gasteiger partial charge in [0.15, 0.2) is 18.1 Å². The summed E-state index contributed by atoms with van der Waals surface area (Å²) in [4.78, 5) is 35.5. The van der Waals surface area contributed by atoms with Crippen molar-refractivity contribution < 1.29 is 28.6 Å². The molecule has 0 radical (unpaired) electrons. The second-order valence-corrected chi connectivity index (χ2v) is 6.23. The Labute approximate surface area is 165 Å². The second-order valence-electron chi connectivity index (χ2n) is 5.79. The lowest BCUT2D eigenvalue weighted by Gasteiger charge is -2.08. The number of rotatable bonds is 7. The number of carbonyl (C=O) groups excluding carboxylic acids is 3. The highest BCUT2D eigenvalue weighted by molar-refractivity contribution is 6.30. The largest absolute Gasteiger partial charge is 0.456 e. The summed E-state index contributed by atoms with van der Waals surface area (Å²) < 4.78 is 15.3. The fourth-order valence-corrected chi connectivity index (χ4v) is 2.50. The molecule has 0 unspecified atom stereocenters. The van der Waals surface area contributed by atoms with Crippen LogP contribution >= 0.6 is 11.6 Å². The van der Waals surface area contributed by atoms with E-state index in [0.29, 0.717) is 27.8 Å². The number of hydrogen-bond acceptors (Lipinski definition) is 6. The SMILES string of the molecule is O=C(COC(=O)CCNC(=O)c1ccc(Cl)cc1)Nc1ccc2c(c1)OCO2. The summed E-state index contributed by atoms with van der Waals surface area (Å²) >= 11 is 5.76. The number of anilines is 1. The molecule has 0 saturated heterocycles. The average Bonchev–Trinajstić information content (AvgIpc) is 3.14. The van der Waals surface area contributed by atoms with Crippen LogP contribution in [-0.4, -0.2) is 37.7 Å². The molecule has 0 aliphatic carbocycles. The molecule has 2 N–H and O–H groups in total. The maximum Gasteiger partial charge on any atom is 0.308 e. The van der Waals surface area contributed by atoms with Gasteiger partial charge in [-0.3, -0.25) is 14.4 Å². The van der Waals surface area contributed by atoms with Gasteiger partial charge in [-0.05, 0) is 36.4 Å². The van der Waals surface area contributed by atoms with Gasteiger partial charge < -0.3 is 24.8 Å². The summed E-state index contributed by atoms with van der Waals surface area (Å²) in [5, 5.41) is 5.71. The molecule has 0 aromatic heterocycles. The van der Waals surface area contributed by atoms with Crippen LogP contribution in [0.5, 0.6) is 11.5 Å². The smallest absolute Gasteiger partial charge is 0.308 e. The topological polar surface area (TPSA) is 103 Å². The van der Waals surface area contributed by atoms with Crippen LogP contribution in [0.4, 0.5) is 5.69 Å². The third-order valence-electron chi connectivity index (χ3n) is 3.74. The van der Waals surface area contributed by atoms with Crippen molar-refractivity contribution >= 4 is 35.1 Å². The molecule has 3 rings (SSSR count). The van der Waals surface area contributed by atoms with Gasteiger partial charge in [-0.2, -0.15) is 0 Å². The highest BCUT2D eigenvalue weighted by Gasteiger charge is 2.15. The number of hydrogen-bond donors (Lipinski definition) is 2. The summed E-state index contributed by atoms with van der Waals surface area (Å²) in [6.07, 6.45) is -0.0589. The molecule has 1 aliphatic rings. The zero-order chi connectivity index (χ0) is 19.9. The van der Waals surface area contributed by atoms with E-state index in [9.17, 15) is 14.4 Å². The highest BCUT2D eigenvalue weighted by Crippen LogP contribution is 2.34. The Hall–Kier alpha value is -3.26. The van der Waals surface area contributed by atoms with Crippen LogP contribution in [0.3, 0.4) is 0 Å². The number of carbonyl (C=O) groups is 3. The average molecular weight is 405 g/mol. The van der Waals surface area contributed by atoms with Gasteiger partial charge in [0, 0.05) is 28.9 Å². The second kappa shape index (κ2) is 9.09. The van der Waals surface area contributed by atoms with E-state index in [0.717, 1.165) is 0 Å². The first-order chi connectivity index (χ1) is 13.5. The molecule has 9 heteroatoms. The zero-order valence-electron chi connectivity index (χ0n) is 14.7. The molecule has 1 heterocycles. The first-order valence-corrected chi connectivity index (χ1v) is 8.78. The minimum Gasteiger partial charge on any atom is -0.456 e. The van der Waals surface area contributed by atoms with Gasteiger partial charge in [0.2, 0.25) is 6.79 Å². The van der Waals surface area contributed by atoms with Gasteiger partial charge in [0.25, 0.3) is 11.8 Å². The Balaban J connectivity index is 1.35. The van der Waals surface area contributed by atoms with Gasteiger partial charge in [-0.25, -0.2) is 0 Å². The number of ether oxygens (including phenoxy) is 3. The monoisotopic (exact) mass is 404 g/mol. The summed E-state index contributed by atoms with van der Waals surface area (Å²) in [7, 11) is 0. The summed E-state index contributed by atoms with van der Waals surface area (Å²) in [6, 6.07) is 11.3. The molecule has 0 fully saturated rings. The van der Waals surface area contributed by atoms with Crippen molar-refractivity contribution in [3.63, 3.8) is 0 Å². The first-order valence-electron chi connectivity index (χ1n) is 8.40. The number of nitrogens with one attached hydrogen (secondary N) is 2. The summed E-state index contributed by atoms with van der Waals surface area (Å²) in [6.45, 7) is -0.207. The van der Waals surface area contributed by atoms with Crippen LogP contribution < -0.4 is 20.1 Å². The molecule has 2 aromatic rings. The standard InChI is InChI=1S/C19H17ClN2O6/c20-13-3-1-12(2-4-13)19(25)21-8-7-18(24)26-10-17(23)22-14-5-6-15-16(9-14)28-11-27-15/h1-6,9H,7-8,10-11H2,(H,21,25)(H,22,23). The quantitative estimate of drug-likeness (QED) is 0.687. The minimum atomic E-state index is -0.600. The van der Waals surface area contributed by atoms with E-state index in [-0.39, 0.29) is 25.7 Å². The summed E-state index contributed by atoms with van der Waals surface area (Å²) in [5.41, 5.74) is 0.932. The van der Waals surface area contributed by atoms with Crippen LogP contribution in [0.2, 0.25) is 5.02 Å². The summed E-state index contributed by atoms with van der Waals surface area (Å²) in [5.74, 6) is -0.282. The van der Waals surface area contributed by atoms with Crippen LogP contribution in [0.25, 0.3) is 0 Å². The number of halogens is 1. The highest BCUT2D eigenvalue weighted by atomic mass is 35.5.